The summed E-state index contributed by atoms with van der Waals surface area (Å²) in [7, 11) is 0. The summed E-state index contributed by atoms with van der Waals surface area (Å²) >= 11 is 0. The summed E-state index contributed by atoms with van der Waals surface area (Å²) in [5.74, 6) is 2.11. The Morgan fingerprint density at radius 1 is 0.109 bits per heavy atom. The Balaban J connectivity index is 0.000000107. The summed E-state index contributed by atoms with van der Waals surface area (Å²) in [6.45, 7) is 0. The summed E-state index contributed by atoms with van der Waals surface area (Å²) in [5.41, 5.74) is 27.0. The van der Waals surface area contributed by atoms with E-state index in [2.05, 4.69) is 406 Å². The maximum absolute atomic E-state index is 6.55. The van der Waals surface area contributed by atoms with Crippen LogP contribution in [0.3, 0.4) is 0 Å². The number of benzene rings is 24. The molecule has 0 saturated heterocycles. The third-order valence-electron chi connectivity index (χ3n) is 29.0. The van der Waals surface area contributed by atoms with Crippen molar-refractivity contribution in [3.63, 3.8) is 0 Å². The smallest absolute Gasteiger partial charge is 0.160 e. The molecule has 30 aromatic rings. The van der Waals surface area contributed by atoms with Gasteiger partial charge in [-0.15, -0.1) is 0 Å². The van der Waals surface area contributed by atoms with Crippen LogP contribution in [-0.2, 0) is 0 Å². The van der Waals surface area contributed by atoms with Gasteiger partial charge in [-0.25, -0.2) is 29.9 Å². The van der Waals surface area contributed by atoms with E-state index in [0.29, 0.717) is 17.5 Å². The average molecular weight is 1870 g/mol. The summed E-state index contributed by atoms with van der Waals surface area (Å²) in [6, 6.07) is 179. The van der Waals surface area contributed by atoms with Gasteiger partial charge in [0.15, 0.2) is 17.5 Å². The Morgan fingerprint density at radius 3 is 0.796 bits per heavy atom. The van der Waals surface area contributed by atoms with Gasteiger partial charge in [-0.1, -0.05) is 406 Å². The lowest BCUT2D eigenvalue weighted by Gasteiger charge is -2.14. The van der Waals surface area contributed by atoms with Gasteiger partial charge in [-0.3, -0.25) is 0 Å². The van der Waals surface area contributed by atoms with Crippen molar-refractivity contribution < 1.29 is 13.3 Å². The first kappa shape index (κ1) is 85.3. The fourth-order valence-electron chi connectivity index (χ4n) is 22.0. The lowest BCUT2D eigenvalue weighted by atomic mass is 9.90. The van der Waals surface area contributed by atoms with Gasteiger partial charge < -0.3 is 13.3 Å². The molecule has 0 aliphatic rings. The summed E-state index contributed by atoms with van der Waals surface area (Å²) in [5, 5.41) is 28.4. The molecule has 24 aromatic carbocycles. The van der Waals surface area contributed by atoms with Crippen molar-refractivity contribution in [2.45, 2.75) is 0 Å². The van der Waals surface area contributed by atoms with E-state index in [9.17, 15) is 0 Å². The number of nitrogens with zero attached hydrogens (tertiary/aromatic N) is 6. The van der Waals surface area contributed by atoms with Gasteiger partial charge in [-0.05, 0) is 223 Å². The van der Waals surface area contributed by atoms with Crippen molar-refractivity contribution in [1.29, 1.82) is 0 Å². The number of furan rings is 3. The second-order valence-corrected chi connectivity index (χ2v) is 37.7. The number of fused-ring (bicyclic) bond motifs is 29. The first-order valence-electron chi connectivity index (χ1n) is 49.7. The standard InChI is InChI=1S/3C46H28N2O/c1-3-12-29(13-4-1)31-16-11-17-32(26-31)41-28-42(48-46(47-41)30-14-5-2-6-15-30)33-22-23-35-38-24-25-39-36-19-9-10-21-43(36)49-45(39)44(38)37-20-8-7-18-34(37)40(35)27-33;1-3-12-29(13-4-1)31-16-11-17-32(24-31)42-28-43(48-46(47-42)30-14-5-2-6-15-30)33-22-23-36-38(25-33)34-18-7-8-19-35(34)40-27-45-41(26-39(36)40)37-20-9-10-21-44(37)49-45;1-3-12-29(13-4-1)31-16-11-17-32(26-31)40-28-41(48-46(47-40)30-14-5-2-6-15-30)33-22-23-37-39(27-33)35-19-8-7-18-34(35)36-24-25-43-45(44(36)37)38-20-9-10-21-42(38)49-43/h3*1-28H. The molecular weight excluding hydrogens is 1790 g/mol. The van der Waals surface area contributed by atoms with Crippen molar-refractivity contribution >= 4 is 163 Å². The summed E-state index contributed by atoms with van der Waals surface area (Å²) in [6.07, 6.45) is 0. The molecule has 0 amide bonds. The highest BCUT2D eigenvalue weighted by molar-refractivity contribution is 6.36. The second-order valence-electron chi connectivity index (χ2n) is 37.7. The Labute approximate surface area is 844 Å². The highest BCUT2D eigenvalue weighted by Gasteiger charge is 2.25. The minimum absolute atomic E-state index is 0.702. The van der Waals surface area contributed by atoms with Crippen molar-refractivity contribution in [2.75, 3.05) is 0 Å². The van der Waals surface area contributed by atoms with Crippen molar-refractivity contribution in [1.82, 2.24) is 29.9 Å². The first-order chi connectivity index (χ1) is 72.8. The number of hydrogen-bond acceptors (Lipinski definition) is 9. The van der Waals surface area contributed by atoms with Crippen LogP contribution in [0.5, 0.6) is 0 Å². The Hall–Kier alpha value is -19.7. The maximum atomic E-state index is 6.55. The van der Waals surface area contributed by atoms with E-state index in [0.717, 1.165) is 172 Å². The van der Waals surface area contributed by atoms with E-state index < -0.39 is 0 Å². The molecule has 684 valence electrons. The van der Waals surface area contributed by atoms with E-state index in [1.54, 1.807) is 0 Å². The number of para-hydroxylation sites is 3. The van der Waals surface area contributed by atoms with E-state index >= 15 is 0 Å². The van der Waals surface area contributed by atoms with Crippen molar-refractivity contribution in [3.8, 4) is 135 Å². The van der Waals surface area contributed by atoms with Crippen LogP contribution in [0.4, 0.5) is 0 Å². The first-order valence-corrected chi connectivity index (χ1v) is 49.7. The van der Waals surface area contributed by atoms with Crippen LogP contribution in [-0.4, -0.2) is 29.9 Å². The Morgan fingerprint density at radius 2 is 0.361 bits per heavy atom. The lowest BCUT2D eigenvalue weighted by molar-refractivity contribution is 0.669. The van der Waals surface area contributed by atoms with E-state index in [4.69, 9.17) is 43.2 Å². The molecule has 0 saturated carbocycles. The monoisotopic (exact) mass is 1870 g/mol. The minimum Gasteiger partial charge on any atom is -0.456 e. The lowest BCUT2D eigenvalue weighted by Crippen LogP contribution is -1.96. The summed E-state index contributed by atoms with van der Waals surface area (Å²) in [4.78, 5) is 30.9. The molecular formula is C138H84N6O3. The molecule has 0 N–H and O–H groups in total. The Bertz CT molecular complexity index is 10500. The predicted molar refractivity (Wildman–Crippen MR) is 611 cm³/mol. The molecule has 0 radical (unpaired) electrons. The molecule has 0 aliphatic heterocycles. The van der Waals surface area contributed by atoms with Crippen LogP contribution in [0.1, 0.15) is 0 Å². The van der Waals surface area contributed by atoms with Gasteiger partial charge >= 0.3 is 0 Å². The fraction of sp³-hybridized carbons (Fsp3) is 0. The molecule has 147 heavy (non-hydrogen) atoms. The molecule has 30 rings (SSSR count). The predicted octanol–water partition coefficient (Wildman–Crippen LogP) is 37.5. The van der Waals surface area contributed by atoms with Gasteiger partial charge in [0.1, 0.15) is 33.5 Å². The van der Waals surface area contributed by atoms with Crippen LogP contribution in [0.15, 0.2) is 523 Å². The van der Waals surface area contributed by atoms with Gasteiger partial charge in [0.25, 0.3) is 0 Å². The molecule has 9 heteroatoms. The van der Waals surface area contributed by atoms with Crippen LogP contribution < -0.4 is 0 Å². The molecule has 6 heterocycles. The zero-order valence-corrected chi connectivity index (χ0v) is 79.4. The van der Waals surface area contributed by atoms with Crippen LogP contribution in [0.2, 0.25) is 0 Å². The molecule has 0 aliphatic carbocycles. The number of aromatic nitrogens is 6. The van der Waals surface area contributed by atoms with Gasteiger partial charge in [0.05, 0.1) is 34.2 Å². The molecule has 0 unspecified atom stereocenters. The van der Waals surface area contributed by atoms with Gasteiger partial charge in [0, 0.05) is 93.2 Å². The highest BCUT2D eigenvalue weighted by atomic mass is 16.3. The molecule has 6 aromatic heterocycles. The molecule has 9 nitrogen and oxygen atoms in total. The highest BCUT2D eigenvalue weighted by Crippen LogP contribution is 2.49. The Kier molecular flexibility index (Phi) is 20.8. The minimum atomic E-state index is 0.702. The van der Waals surface area contributed by atoms with Gasteiger partial charge in [0.2, 0.25) is 0 Å². The molecule has 0 fully saturated rings. The van der Waals surface area contributed by atoms with E-state index in [1.165, 1.54) is 108 Å². The third-order valence-corrected chi connectivity index (χ3v) is 29.0. The van der Waals surface area contributed by atoms with Crippen molar-refractivity contribution in [3.05, 3.63) is 510 Å². The molecule has 0 atom stereocenters. The topological polar surface area (TPSA) is 117 Å². The van der Waals surface area contributed by atoms with Crippen LogP contribution in [0, 0.1) is 0 Å². The SMILES string of the molecule is c1ccc(-c2cccc(-c3cc(-c4ccc5c(c4)c4ccccc4c4c5ccc5c6ccccc6oc54)nc(-c4ccccc4)n3)c2)cc1.c1ccc(-c2cccc(-c3cc(-c4ccc5c(c4)c4ccccc4c4cc6oc7ccccc7c6cc54)nc(-c4ccccc4)n3)c2)cc1.c1ccc(-c2cccc(-c3cc(-c4ccc5c(c4)c4ccccc4c4ccc6oc7ccccc7c6c45)nc(-c4ccccc4)n3)c2)cc1. The number of hydrogen-bond donors (Lipinski definition) is 0. The third kappa shape index (κ3) is 15.3. The fourth-order valence-corrected chi connectivity index (χ4v) is 22.0. The van der Waals surface area contributed by atoms with E-state index in [1.807, 2.05) is 103 Å². The maximum Gasteiger partial charge on any atom is 0.160 e. The van der Waals surface area contributed by atoms with Crippen LogP contribution in [0.25, 0.3) is 298 Å². The zero-order chi connectivity index (χ0) is 96.9. The van der Waals surface area contributed by atoms with E-state index in [-0.39, 0.29) is 0 Å². The molecule has 0 spiro atoms. The zero-order valence-electron chi connectivity index (χ0n) is 79.4. The number of rotatable bonds is 12. The largest absolute Gasteiger partial charge is 0.456 e. The van der Waals surface area contributed by atoms with Gasteiger partial charge in [-0.2, -0.15) is 0 Å². The molecule has 0 bridgehead atoms. The normalized spacial score (nSPS) is 11.7. The quantitative estimate of drug-likeness (QED) is 0.110. The average Bonchev–Trinajstić information content (AvgIpc) is 1.65. The van der Waals surface area contributed by atoms with Crippen LogP contribution >= 0.6 is 0 Å². The second kappa shape index (κ2) is 35.8. The van der Waals surface area contributed by atoms with Crippen molar-refractivity contribution in [2.24, 2.45) is 0 Å². The summed E-state index contributed by atoms with van der Waals surface area (Å²) < 4.78 is 19.2.